The van der Waals surface area contributed by atoms with Crippen LogP contribution in [0.5, 0.6) is 0 Å². The molecule has 1 amide bonds. The number of aliphatic imine (C=N–C) groups is 1. The Balaban J connectivity index is 1.45. The fraction of sp³-hybridized carbons (Fsp3) is 0.360. The van der Waals surface area contributed by atoms with Gasteiger partial charge in [0.15, 0.2) is 0 Å². The molecule has 0 spiro atoms. The Hall–Kier alpha value is -2.33. The monoisotopic (exact) mass is 406 g/mol. The van der Waals surface area contributed by atoms with Crippen molar-refractivity contribution in [2.45, 2.75) is 46.6 Å². The van der Waals surface area contributed by atoms with E-state index in [0.717, 1.165) is 35.6 Å². The highest BCUT2D eigenvalue weighted by atomic mass is 32.2. The van der Waals surface area contributed by atoms with Crippen LogP contribution in [0.1, 0.15) is 48.9 Å². The number of nitrogens with zero attached hydrogens (tertiary/aromatic N) is 1. The number of nitrogens with one attached hydrogen (secondary N) is 1. The lowest BCUT2D eigenvalue weighted by molar-refractivity contribution is -0.118. The second-order valence-electron chi connectivity index (χ2n) is 7.66. The molecule has 2 aromatic carbocycles. The number of carbonyl (C=O) groups excluding carboxylic acids is 1. The maximum Gasteiger partial charge on any atom is 0.230 e. The lowest BCUT2D eigenvalue weighted by atomic mass is 10.0. The predicted molar refractivity (Wildman–Crippen MR) is 125 cm³/mol. The van der Waals surface area contributed by atoms with E-state index in [0.29, 0.717) is 12.3 Å². The Morgan fingerprint density at radius 1 is 1.03 bits per heavy atom. The molecule has 152 valence electrons. The Kier molecular flexibility index (Phi) is 7.70. The summed E-state index contributed by atoms with van der Waals surface area (Å²) in [6.07, 6.45) is 3.20. The van der Waals surface area contributed by atoms with E-state index in [9.17, 15) is 4.79 Å². The second-order valence-corrected chi connectivity index (χ2v) is 8.65. The van der Waals surface area contributed by atoms with Crippen molar-refractivity contribution in [2.75, 3.05) is 11.5 Å². The lowest BCUT2D eigenvalue weighted by Crippen LogP contribution is -2.24. The van der Waals surface area contributed by atoms with Crippen molar-refractivity contribution in [2.24, 2.45) is 4.99 Å². The average molecular weight is 407 g/mol. The van der Waals surface area contributed by atoms with Gasteiger partial charge in [-0.1, -0.05) is 67.4 Å². The van der Waals surface area contributed by atoms with E-state index < -0.39 is 0 Å². The number of benzene rings is 2. The first-order valence-corrected chi connectivity index (χ1v) is 11.5. The minimum absolute atomic E-state index is 0.0718. The van der Waals surface area contributed by atoms with Crippen molar-refractivity contribution < 1.29 is 4.79 Å². The van der Waals surface area contributed by atoms with Gasteiger partial charge in [-0.15, -0.1) is 11.8 Å². The first-order chi connectivity index (χ1) is 14.0. The molecule has 0 atom stereocenters. The van der Waals surface area contributed by atoms with Crippen molar-refractivity contribution in [3.8, 4) is 0 Å². The largest absolute Gasteiger partial charge is 0.351 e. The summed E-state index contributed by atoms with van der Waals surface area (Å²) in [6.45, 7) is 7.00. The fourth-order valence-electron chi connectivity index (χ4n) is 3.32. The Morgan fingerprint density at radius 3 is 2.41 bits per heavy atom. The van der Waals surface area contributed by atoms with E-state index in [4.69, 9.17) is 4.99 Å². The van der Waals surface area contributed by atoms with Gasteiger partial charge in [0, 0.05) is 24.4 Å². The molecule has 0 fully saturated rings. The SMILES string of the molecule is CCCc1ccc(C2=NC(CSCC(=O)NCc3ccc(C)cc3)=C(C)C2)cc1. The Morgan fingerprint density at radius 2 is 1.72 bits per heavy atom. The highest BCUT2D eigenvalue weighted by Crippen LogP contribution is 2.26. The van der Waals surface area contributed by atoms with Crippen LogP contribution in [0.15, 0.2) is 64.8 Å². The zero-order valence-electron chi connectivity index (χ0n) is 17.6. The molecule has 0 radical (unpaired) electrons. The number of rotatable bonds is 9. The minimum atomic E-state index is 0.0718. The third-order valence-electron chi connectivity index (χ3n) is 5.10. The van der Waals surface area contributed by atoms with Crippen LogP contribution in [-0.2, 0) is 17.8 Å². The van der Waals surface area contributed by atoms with Gasteiger partial charge in [-0.2, -0.15) is 0 Å². The molecule has 1 aliphatic rings. The summed E-state index contributed by atoms with van der Waals surface area (Å²) >= 11 is 1.63. The summed E-state index contributed by atoms with van der Waals surface area (Å²) in [4.78, 5) is 17.0. The lowest BCUT2D eigenvalue weighted by Gasteiger charge is -2.06. The summed E-state index contributed by atoms with van der Waals surface area (Å²) in [6, 6.07) is 17.0. The second kappa shape index (κ2) is 10.4. The van der Waals surface area contributed by atoms with Crippen LogP contribution in [0, 0.1) is 6.92 Å². The summed E-state index contributed by atoms with van der Waals surface area (Å²) in [7, 11) is 0. The van der Waals surface area contributed by atoms with E-state index in [1.54, 1.807) is 11.8 Å². The average Bonchev–Trinajstić information content (AvgIpc) is 3.09. The number of hydrogen-bond acceptors (Lipinski definition) is 3. The van der Waals surface area contributed by atoms with Crippen molar-refractivity contribution in [3.63, 3.8) is 0 Å². The summed E-state index contributed by atoms with van der Waals surface area (Å²) in [5, 5.41) is 2.99. The van der Waals surface area contributed by atoms with Crippen LogP contribution in [0.3, 0.4) is 0 Å². The zero-order valence-corrected chi connectivity index (χ0v) is 18.4. The van der Waals surface area contributed by atoms with Crippen LogP contribution in [0.2, 0.25) is 0 Å². The highest BCUT2D eigenvalue weighted by molar-refractivity contribution is 8.00. The highest BCUT2D eigenvalue weighted by Gasteiger charge is 2.16. The molecule has 4 heteroatoms. The molecule has 29 heavy (non-hydrogen) atoms. The van der Waals surface area contributed by atoms with Gasteiger partial charge in [0.25, 0.3) is 0 Å². The van der Waals surface area contributed by atoms with Gasteiger partial charge in [0.1, 0.15) is 0 Å². The topological polar surface area (TPSA) is 41.5 Å². The van der Waals surface area contributed by atoms with Crippen molar-refractivity contribution in [3.05, 3.63) is 82.1 Å². The number of aryl methyl sites for hydroxylation is 2. The summed E-state index contributed by atoms with van der Waals surface area (Å²) < 4.78 is 0. The first-order valence-electron chi connectivity index (χ1n) is 10.3. The standard InChI is InChI=1S/C25H30N2OS/c1-4-5-20-10-12-22(13-11-20)23-14-19(3)24(27-23)16-29-17-25(28)26-15-21-8-6-18(2)7-9-21/h6-13H,4-5,14-17H2,1-3H3,(H,26,28). The van der Waals surface area contributed by atoms with Crippen LogP contribution in [-0.4, -0.2) is 23.1 Å². The van der Waals surface area contributed by atoms with Gasteiger partial charge in [0.2, 0.25) is 5.91 Å². The molecule has 2 aromatic rings. The molecule has 3 rings (SSSR count). The molecular formula is C25H30N2OS. The maximum absolute atomic E-state index is 12.1. The molecule has 1 heterocycles. The first kappa shape index (κ1) is 21.4. The van der Waals surface area contributed by atoms with Crippen molar-refractivity contribution in [1.29, 1.82) is 0 Å². The van der Waals surface area contributed by atoms with Gasteiger partial charge in [0.05, 0.1) is 11.5 Å². The molecule has 0 bridgehead atoms. The third kappa shape index (κ3) is 6.33. The Labute approximate surface area is 178 Å². The van der Waals surface area contributed by atoms with E-state index >= 15 is 0 Å². The van der Waals surface area contributed by atoms with Crippen LogP contribution in [0.4, 0.5) is 0 Å². The number of allylic oxidation sites excluding steroid dienone is 1. The molecule has 0 saturated heterocycles. The molecule has 0 saturated carbocycles. The van der Waals surface area contributed by atoms with E-state index in [1.165, 1.54) is 28.7 Å². The van der Waals surface area contributed by atoms with Crippen LogP contribution < -0.4 is 5.32 Å². The van der Waals surface area contributed by atoms with E-state index in [1.807, 2.05) is 0 Å². The van der Waals surface area contributed by atoms with Gasteiger partial charge >= 0.3 is 0 Å². The molecule has 3 nitrogen and oxygen atoms in total. The van der Waals surface area contributed by atoms with Gasteiger partial charge in [-0.05, 0) is 42.5 Å². The third-order valence-corrected chi connectivity index (χ3v) is 6.05. The molecule has 1 aliphatic heterocycles. The fourth-order valence-corrected chi connectivity index (χ4v) is 4.22. The predicted octanol–water partition coefficient (Wildman–Crippen LogP) is 5.46. The quantitative estimate of drug-likeness (QED) is 0.600. The van der Waals surface area contributed by atoms with Gasteiger partial charge in [-0.3, -0.25) is 9.79 Å². The molecular weight excluding hydrogens is 376 g/mol. The minimum Gasteiger partial charge on any atom is -0.351 e. The molecule has 1 N–H and O–H groups in total. The normalized spacial score (nSPS) is 13.6. The van der Waals surface area contributed by atoms with E-state index in [-0.39, 0.29) is 5.91 Å². The van der Waals surface area contributed by atoms with Crippen molar-refractivity contribution in [1.82, 2.24) is 5.32 Å². The zero-order chi connectivity index (χ0) is 20.6. The Bertz CT molecular complexity index is 895. The molecule has 0 aliphatic carbocycles. The van der Waals surface area contributed by atoms with E-state index in [2.05, 4.69) is 74.6 Å². The van der Waals surface area contributed by atoms with Crippen LogP contribution >= 0.6 is 11.8 Å². The van der Waals surface area contributed by atoms with Gasteiger partial charge < -0.3 is 5.32 Å². The molecule has 0 unspecified atom stereocenters. The number of hydrogen-bond donors (Lipinski definition) is 1. The number of carbonyl (C=O) groups is 1. The van der Waals surface area contributed by atoms with Gasteiger partial charge in [-0.25, -0.2) is 0 Å². The van der Waals surface area contributed by atoms with Crippen molar-refractivity contribution >= 4 is 23.4 Å². The summed E-state index contributed by atoms with van der Waals surface area (Å²) in [5.74, 6) is 1.31. The maximum atomic E-state index is 12.1. The smallest absolute Gasteiger partial charge is 0.230 e. The molecule has 0 aromatic heterocycles. The van der Waals surface area contributed by atoms with Crippen LogP contribution in [0.25, 0.3) is 0 Å². The summed E-state index contributed by atoms with van der Waals surface area (Å²) in [5.41, 5.74) is 8.52. The number of thioether (sulfide) groups is 1. The number of amides is 1.